The van der Waals surface area contributed by atoms with Crippen LogP contribution in [0.2, 0.25) is 0 Å². The number of phenols is 1. The quantitative estimate of drug-likeness (QED) is 0.0724. The third kappa shape index (κ3) is 12.0. The summed E-state index contributed by atoms with van der Waals surface area (Å²) in [5.74, 6) is 11.2. The number of fused-ring (bicyclic) bond motifs is 17. The van der Waals surface area contributed by atoms with Crippen LogP contribution in [0.1, 0.15) is 250 Å². The Balaban J connectivity index is 0.996. The predicted molar refractivity (Wildman–Crippen MR) is 346 cm³/mol. The number of rotatable bonds is 2. The van der Waals surface area contributed by atoms with Crippen LogP contribution >= 0.6 is 0 Å². The van der Waals surface area contributed by atoms with Gasteiger partial charge in [0.1, 0.15) is 40.7 Å². The lowest BCUT2D eigenvalue weighted by Gasteiger charge is -2.59. The number of hydrogen-bond donors (Lipinski definition) is 7. The zero-order valence-corrected chi connectivity index (χ0v) is 53.5. The molecule has 3 aromatic carbocycles. The molecule has 13 nitrogen and oxygen atoms in total. The van der Waals surface area contributed by atoms with E-state index in [4.69, 9.17) is 14.2 Å². The maximum atomic E-state index is 16.6. The van der Waals surface area contributed by atoms with Gasteiger partial charge in [0.2, 0.25) is 0 Å². The second-order valence-corrected chi connectivity index (χ2v) is 30.6. The van der Waals surface area contributed by atoms with Gasteiger partial charge in [0.25, 0.3) is 0 Å². The third-order valence-corrected chi connectivity index (χ3v) is 25.1. The average molecular weight is 1240 g/mol. The number of ketones is 1. The van der Waals surface area contributed by atoms with Gasteiger partial charge in [-0.05, 0) is 185 Å². The molecule has 0 aromatic heterocycles. The van der Waals surface area contributed by atoms with Gasteiger partial charge in [0.15, 0.2) is 0 Å². The molecule has 13 unspecified atom stereocenters. The first-order valence-electron chi connectivity index (χ1n) is 35.6. The van der Waals surface area contributed by atoms with Crippen LogP contribution in [0.15, 0.2) is 60.2 Å². The van der Waals surface area contributed by atoms with Crippen molar-refractivity contribution in [3.05, 3.63) is 99.1 Å². The molecule has 2 spiro atoms. The number of aromatic hydroxyl groups is 1. The summed E-state index contributed by atoms with van der Waals surface area (Å²) in [6.07, 6.45) is 18.2. The van der Waals surface area contributed by atoms with Gasteiger partial charge in [-0.15, -0.1) is 0 Å². The number of carbonyl (C=O) groups is 3. The fourth-order valence-electron chi connectivity index (χ4n) is 19.9. The monoisotopic (exact) mass is 1240 g/mol. The van der Waals surface area contributed by atoms with Crippen molar-refractivity contribution in [1.82, 2.24) is 0 Å². The molecule has 0 amide bonds. The highest BCUT2D eigenvalue weighted by Gasteiger charge is 2.62. The van der Waals surface area contributed by atoms with Gasteiger partial charge in [0, 0.05) is 64.9 Å². The van der Waals surface area contributed by atoms with E-state index < -0.39 is 76.1 Å². The van der Waals surface area contributed by atoms with Crippen LogP contribution in [-0.4, -0.2) is 97.1 Å². The molecule has 13 atom stereocenters. The van der Waals surface area contributed by atoms with Crippen molar-refractivity contribution in [3.8, 4) is 35.2 Å². The molecular weight excluding hydrogens is 1140 g/mol. The van der Waals surface area contributed by atoms with Gasteiger partial charge >= 0.3 is 11.9 Å². The maximum absolute atomic E-state index is 16.6. The van der Waals surface area contributed by atoms with Crippen LogP contribution in [0.5, 0.6) is 11.5 Å². The van der Waals surface area contributed by atoms with E-state index in [-0.39, 0.29) is 97.6 Å². The average Bonchev–Trinajstić information content (AvgIpc) is 1.18. The number of ether oxygens (including phenoxy) is 3. The summed E-state index contributed by atoms with van der Waals surface area (Å²) < 4.78 is 19.9. The smallest absolute Gasteiger partial charge is 0.334 e. The molecule has 13 heteroatoms. The van der Waals surface area contributed by atoms with E-state index in [1.54, 1.807) is 13.0 Å². The molecule has 5 aliphatic heterocycles. The lowest BCUT2D eigenvalue weighted by molar-refractivity contribution is -0.228. The number of aliphatic hydroxyl groups excluding tert-OH is 3. The Labute approximate surface area is 538 Å². The number of aliphatic hydroxyl groups is 5. The van der Waals surface area contributed by atoms with E-state index in [2.05, 4.69) is 53.3 Å². The minimum atomic E-state index is -1.65. The molecule has 12 aliphatic rings. The van der Waals surface area contributed by atoms with Crippen LogP contribution in [0.25, 0.3) is 0 Å². The van der Waals surface area contributed by atoms with Crippen molar-refractivity contribution in [2.24, 2.45) is 40.9 Å². The van der Waals surface area contributed by atoms with Gasteiger partial charge in [-0.3, -0.25) is 9.59 Å². The first-order valence-corrected chi connectivity index (χ1v) is 35.6. The van der Waals surface area contributed by atoms with Crippen molar-refractivity contribution >= 4 is 23.4 Å². The van der Waals surface area contributed by atoms with Crippen molar-refractivity contribution in [3.63, 3.8) is 0 Å². The molecule has 3 aromatic rings. The van der Waals surface area contributed by atoms with Crippen LogP contribution in [0.3, 0.4) is 0 Å². The van der Waals surface area contributed by atoms with E-state index in [0.29, 0.717) is 77.8 Å². The van der Waals surface area contributed by atoms with E-state index >= 15 is 4.79 Å². The van der Waals surface area contributed by atoms with Gasteiger partial charge in [-0.2, -0.15) is 0 Å². The minimum Gasteiger partial charge on any atom is -0.507 e. The first-order chi connectivity index (χ1) is 44.0. The highest BCUT2D eigenvalue weighted by atomic mass is 16.6. The number of carbonyl (C=O) groups excluding carboxylic acids is 3. The first kappa shape index (κ1) is 62.9. The van der Waals surface area contributed by atoms with Crippen LogP contribution in [0.4, 0.5) is 5.69 Å². The van der Waals surface area contributed by atoms with E-state index in [9.17, 15) is 40.2 Å². The van der Waals surface area contributed by atoms with Crippen molar-refractivity contribution in [2.75, 3.05) is 18.5 Å². The topological polar surface area (TPSA) is 212 Å². The lowest BCUT2D eigenvalue weighted by atomic mass is 9.48. The molecule has 91 heavy (non-hydrogen) atoms. The molecule has 7 saturated carbocycles. The molecule has 14 bridgehead atoms. The highest BCUT2D eigenvalue weighted by molar-refractivity contribution is 5.89. The third-order valence-electron chi connectivity index (χ3n) is 25.1. The standard InChI is InChI=1S/C78H97NO12/c1-75(87)46-79-58-38-53(37-55(39-58)73(85)76(29-9-3-10-30-76)33-28-47-20-24-59(25-21-47)89-45-67(75)82)50-22-23-51-44-69(83)91-72-60(51)41-54(71(84)70(72)49-15-5-2-6-16-49)43-68-78(88)63-19-8-7-17-52(63)40-61-62(65(80)27-26-64(61)78)35-48-14-13-18-57(34-48)77(31-11-4-12-32-77)66(81)42-56(36-50)74(86)90-68/h13-14,18,34,37-39,41-42,47,49-52,59,61-64,66-68,73,79,81-82,84-85,87-88H,2-12,15-17,19-21,24-27,29-32,35-36,40,43-46H2,1H3. The molecule has 0 saturated heterocycles. The Hall–Kier alpha value is -5.51. The van der Waals surface area contributed by atoms with Gasteiger partial charge < -0.3 is 50.2 Å². The molecule has 486 valence electrons. The molecule has 0 radical (unpaired) electrons. The Morgan fingerprint density at radius 2 is 1.42 bits per heavy atom. The van der Waals surface area contributed by atoms with Crippen LogP contribution in [-0.2, 0) is 42.1 Å². The molecular formula is C78H97NO12. The zero-order chi connectivity index (χ0) is 62.8. The number of hydrogen-bond acceptors (Lipinski definition) is 13. The summed E-state index contributed by atoms with van der Waals surface area (Å²) >= 11 is 0. The zero-order valence-electron chi connectivity index (χ0n) is 53.5. The summed E-state index contributed by atoms with van der Waals surface area (Å²) in [5.41, 5.74) is 0.741. The molecule has 7 N–H and O–H groups in total. The molecule has 15 rings (SSSR count). The Morgan fingerprint density at radius 1 is 0.692 bits per heavy atom. The molecule has 5 heterocycles. The Kier molecular flexibility index (Phi) is 17.7. The summed E-state index contributed by atoms with van der Waals surface area (Å²) in [6, 6.07) is 16.2. The molecule has 7 aliphatic carbocycles. The van der Waals surface area contributed by atoms with Crippen molar-refractivity contribution < 1.29 is 59.2 Å². The highest BCUT2D eigenvalue weighted by Crippen LogP contribution is 2.60. The van der Waals surface area contributed by atoms with Gasteiger partial charge in [-0.1, -0.05) is 131 Å². The number of phenolic OH excluding ortho intramolecular Hbond substituents is 1. The largest absolute Gasteiger partial charge is 0.507 e. The second-order valence-electron chi connectivity index (χ2n) is 30.6. The second kappa shape index (κ2) is 25.7. The molecule has 7 fully saturated rings. The lowest BCUT2D eigenvalue weighted by Crippen LogP contribution is -2.65. The van der Waals surface area contributed by atoms with E-state index in [1.807, 2.05) is 24.3 Å². The summed E-state index contributed by atoms with van der Waals surface area (Å²) in [7, 11) is 0. The Morgan fingerprint density at radius 3 is 2.21 bits per heavy atom. The number of Topliss-reactive ketones (excluding diaryl/α,β-unsaturated/α-hetero) is 1. The summed E-state index contributed by atoms with van der Waals surface area (Å²) in [4.78, 5) is 45.6. The SMILES string of the molecule is CC1(O)CNc2cc(C3C#CC4CC(=O)Oc5c4cc(c(O)c5C4CCCCC4)CC4OC(=O)C(=CC(O)C5(CCCCC5)c5cccc(c5)CC5C(=O)CCC6C5CC5CCCCC5C46O)C3)cc(c2)C(O)C2(C#CC3CCC(CC3)OCC1O)CCCCC2. The normalized spacial score (nSPS) is 36.7. The van der Waals surface area contributed by atoms with Crippen LogP contribution < -0.4 is 10.1 Å². The minimum absolute atomic E-state index is 0.0145. The van der Waals surface area contributed by atoms with E-state index in [1.165, 1.54) is 0 Å². The van der Waals surface area contributed by atoms with Gasteiger partial charge in [0.05, 0.1) is 42.7 Å². The fourth-order valence-corrected chi connectivity index (χ4v) is 19.9. The predicted octanol–water partition coefficient (Wildman–Crippen LogP) is 12.5. The van der Waals surface area contributed by atoms with E-state index in [0.717, 1.165) is 140 Å². The van der Waals surface area contributed by atoms with Gasteiger partial charge in [-0.25, -0.2) is 4.79 Å². The number of esters is 2. The Bertz CT molecular complexity index is 3410. The number of anilines is 1. The summed E-state index contributed by atoms with van der Waals surface area (Å²) in [5, 5.41) is 81.6. The van der Waals surface area contributed by atoms with Crippen molar-refractivity contribution in [2.45, 2.75) is 264 Å². The fraction of sp³-hybridized carbons (Fsp3) is 0.654. The summed E-state index contributed by atoms with van der Waals surface area (Å²) in [6.45, 7) is 1.46. The van der Waals surface area contributed by atoms with Crippen molar-refractivity contribution in [1.29, 1.82) is 0 Å². The van der Waals surface area contributed by atoms with Crippen LogP contribution in [0, 0.1) is 64.6 Å². The number of nitrogens with one attached hydrogen (secondary N) is 1. The number of benzene rings is 3. The maximum Gasteiger partial charge on any atom is 0.334 e.